The Balaban J connectivity index is 1.44. The van der Waals surface area contributed by atoms with Crippen molar-refractivity contribution in [1.82, 2.24) is 0 Å². The van der Waals surface area contributed by atoms with E-state index in [0.717, 1.165) is 44.5 Å². The molecule has 0 radical (unpaired) electrons. The van der Waals surface area contributed by atoms with Crippen molar-refractivity contribution in [2.24, 2.45) is 9.98 Å². The summed E-state index contributed by atoms with van der Waals surface area (Å²) >= 11 is 6.46. The molecule has 0 N–H and O–H groups in total. The quantitative estimate of drug-likeness (QED) is 0.0923. The first kappa shape index (κ1) is 33.3. The van der Waals surface area contributed by atoms with Crippen LogP contribution in [0.3, 0.4) is 0 Å². The highest BCUT2D eigenvalue weighted by Crippen LogP contribution is 2.65. The van der Waals surface area contributed by atoms with E-state index >= 15 is 0 Å². The van der Waals surface area contributed by atoms with Gasteiger partial charge in [-0.2, -0.15) is 10.5 Å². The van der Waals surface area contributed by atoms with E-state index < -0.39 is 0 Å². The smallest absolute Gasteiger partial charge is 0.350 e. The second-order valence-electron chi connectivity index (χ2n) is 12.3. The molecule has 0 aliphatic heterocycles. The second kappa shape index (κ2) is 12.8. The van der Waals surface area contributed by atoms with Crippen LogP contribution in [0.2, 0.25) is 0 Å². The van der Waals surface area contributed by atoms with Gasteiger partial charge in [0.25, 0.3) is 0 Å². The fourth-order valence-corrected chi connectivity index (χ4v) is 11.5. The summed E-state index contributed by atoms with van der Waals surface area (Å²) in [6, 6.07) is 11.5. The Morgan fingerprint density at radius 2 is 1.40 bits per heavy atom. The van der Waals surface area contributed by atoms with E-state index in [4.69, 9.17) is 16.0 Å². The average molecular weight is 707 g/mol. The lowest BCUT2D eigenvalue weighted by atomic mass is 9.73. The van der Waals surface area contributed by atoms with Crippen LogP contribution in [0.1, 0.15) is 80.8 Å². The molecule has 240 valence electrons. The van der Waals surface area contributed by atoms with Crippen molar-refractivity contribution < 1.29 is 9.47 Å². The minimum absolute atomic E-state index is 0.181. The molecule has 2 aliphatic rings. The van der Waals surface area contributed by atoms with Crippen LogP contribution < -0.4 is 9.47 Å². The molecule has 2 aliphatic carbocycles. The maximum atomic E-state index is 9.30. The lowest BCUT2D eigenvalue weighted by Gasteiger charge is -2.30. The summed E-state index contributed by atoms with van der Waals surface area (Å²) < 4.78 is 12.3. The van der Waals surface area contributed by atoms with Gasteiger partial charge in [0.05, 0.1) is 23.0 Å². The third-order valence-electron chi connectivity index (χ3n) is 8.36. The fourth-order valence-electron chi connectivity index (χ4n) is 6.19. The molecule has 0 amide bonds. The van der Waals surface area contributed by atoms with Crippen molar-refractivity contribution in [2.45, 2.75) is 65.2 Å². The van der Waals surface area contributed by atoms with Crippen LogP contribution >= 0.6 is 45.3 Å². The molecule has 4 aromatic heterocycles. The van der Waals surface area contributed by atoms with Gasteiger partial charge >= 0.3 is 5.84 Å². The zero-order chi connectivity index (χ0) is 34.4. The molecule has 6 rings (SSSR count). The summed E-state index contributed by atoms with van der Waals surface area (Å²) in [6.45, 7) is 21.6. The molecule has 0 spiro atoms. The summed E-state index contributed by atoms with van der Waals surface area (Å²) in [5.41, 5.74) is 4.32. The van der Waals surface area contributed by atoms with Crippen molar-refractivity contribution in [3.05, 3.63) is 56.1 Å². The molecule has 8 nitrogen and oxygen atoms in total. The highest BCUT2D eigenvalue weighted by atomic mass is 32.1. The Kier molecular flexibility index (Phi) is 8.90. The number of ether oxygens (including phenoxy) is 2. The standard InChI is InChI=1S/C36H30N6O2S4/c1-8-10-43-22-14-27(41-19(16-37)17-38)47-31(22)20-12-24-29(35(20,3)4)30-34(45-24)32-21(36(30,5)6)13-25(46-32)33-23(44-11-9-2)15-28(48-33)42-26(18-39)40-7/h12-15H,8-11H2,1-6H3. The van der Waals surface area contributed by atoms with Crippen LogP contribution in [-0.4, -0.2) is 24.8 Å². The van der Waals surface area contributed by atoms with Crippen molar-refractivity contribution in [3.8, 4) is 49.2 Å². The van der Waals surface area contributed by atoms with Crippen LogP contribution in [0.5, 0.6) is 11.5 Å². The summed E-state index contributed by atoms with van der Waals surface area (Å²) in [7, 11) is 0. The fraction of sp³-hybridized carbons (Fsp3) is 0.333. The number of nitrogens with zero attached hydrogens (tertiary/aromatic N) is 6. The Labute approximate surface area is 296 Å². The number of rotatable bonds is 10. The molecule has 0 saturated carbocycles. The predicted molar refractivity (Wildman–Crippen MR) is 197 cm³/mol. The molecular weight excluding hydrogens is 677 g/mol. The van der Waals surface area contributed by atoms with Crippen molar-refractivity contribution >= 4 is 78.5 Å². The van der Waals surface area contributed by atoms with Gasteiger partial charge in [0, 0.05) is 42.5 Å². The molecular formula is C36H30N6O2S4. The number of hydrogen-bond acceptors (Lipinski definition) is 11. The van der Waals surface area contributed by atoms with Crippen LogP contribution in [0, 0.1) is 40.6 Å². The maximum Gasteiger partial charge on any atom is 0.350 e. The lowest BCUT2D eigenvalue weighted by molar-refractivity contribution is 0.318. The topological polar surface area (TPSA) is 119 Å². The van der Waals surface area contributed by atoms with Crippen LogP contribution in [-0.2, 0) is 10.8 Å². The molecule has 4 aromatic rings. The second-order valence-corrected chi connectivity index (χ2v) is 16.5. The van der Waals surface area contributed by atoms with E-state index in [1.54, 1.807) is 11.3 Å². The monoisotopic (exact) mass is 706 g/mol. The van der Waals surface area contributed by atoms with E-state index in [-0.39, 0.29) is 22.4 Å². The largest absolute Gasteiger partial charge is 0.492 e. The summed E-state index contributed by atoms with van der Waals surface area (Å²) in [4.78, 5) is 18.6. The van der Waals surface area contributed by atoms with Crippen molar-refractivity contribution in [1.29, 1.82) is 15.8 Å². The minimum atomic E-state index is -0.333. The minimum Gasteiger partial charge on any atom is -0.492 e. The molecule has 4 heterocycles. The Morgan fingerprint density at radius 3 is 2.00 bits per heavy atom. The van der Waals surface area contributed by atoms with Gasteiger partial charge in [-0.25, -0.2) is 10.3 Å². The van der Waals surface area contributed by atoms with Crippen LogP contribution in [0.25, 0.3) is 36.0 Å². The molecule has 48 heavy (non-hydrogen) atoms. The van der Waals surface area contributed by atoms with Crippen LogP contribution in [0.4, 0.5) is 10.0 Å². The van der Waals surface area contributed by atoms with Crippen LogP contribution in [0.15, 0.2) is 28.2 Å². The SMILES string of the molecule is [C-]#[N+]C(C#N)=Nc1cc(OCCC)c(-c2cc3c(s2)-c2sc4c(c2C3(C)C)C(C)(C)C(c2sc(N=C(C#N)C#N)cc2OCCC)=C4)s1. The number of fused-ring (bicyclic) bond motifs is 5. The average Bonchev–Trinajstić information content (AvgIpc) is 3.89. The Bertz CT molecular complexity index is 2190. The van der Waals surface area contributed by atoms with Gasteiger partial charge in [-0.05, 0) is 47.2 Å². The number of hydrogen-bond donors (Lipinski definition) is 0. The van der Waals surface area contributed by atoms with Crippen molar-refractivity contribution in [3.63, 3.8) is 0 Å². The van der Waals surface area contributed by atoms with E-state index in [9.17, 15) is 15.8 Å². The molecule has 12 heteroatoms. The van der Waals surface area contributed by atoms with Crippen molar-refractivity contribution in [2.75, 3.05) is 13.2 Å². The number of amidine groups is 1. The Hall–Kier alpha value is -4.56. The molecule has 0 unspecified atom stereocenters. The number of aliphatic imine (C=N–C) groups is 2. The molecule has 0 fully saturated rings. The first-order valence-corrected chi connectivity index (χ1v) is 18.6. The van der Waals surface area contributed by atoms with Gasteiger partial charge in [0.1, 0.15) is 34.7 Å². The van der Waals surface area contributed by atoms with E-state index in [0.29, 0.717) is 23.2 Å². The first-order valence-electron chi connectivity index (χ1n) is 15.4. The first-order chi connectivity index (χ1) is 23.0. The summed E-state index contributed by atoms with van der Waals surface area (Å²) in [5.74, 6) is 1.25. The van der Waals surface area contributed by atoms with Gasteiger partial charge in [-0.3, -0.25) is 0 Å². The Morgan fingerprint density at radius 1 is 0.771 bits per heavy atom. The predicted octanol–water partition coefficient (Wildman–Crippen LogP) is 10.9. The normalized spacial score (nSPS) is 14.9. The van der Waals surface area contributed by atoms with Gasteiger partial charge in [-0.15, -0.1) is 34.0 Å². The lowest BCUT2D eigenvalue weighted by Crippen LogP contribution is -2.23. The van der Waals surface area contributed by atoms with Gasteiger partial charge in [0.2, 0.25) is 10.7 Å². The summed E-state index contributed by atoms with van der Waals surface area (Å²) in [5, 5.41) is 29.0. The highest BCUT2D eigenvalue weighted by Gasteiger charge is 2.49. The molecule has 0 atom stereocenters. The third-order valence-corrected chi connectivity index (χ3v) is 13.0. The zero-order valence-corrected chi connectivity index (χ0v) is 30.5. The van der Waals surface area contributed by atoms with Gasteiger partial charge in [0.15, 0.2) is 0 Å². The number of allylic oxidation sites excluding steroid dienone is 1. The summed E-state index contributed by atoms with van der Waals surface area (Å²) in [6.07, 6.45) is 3.99. The van der Waals surface area contributed by atoms with Gasteiger partial charge in [-0.1, -0.05) is 64.4 Å². The van der Waals surface area contributed by atoms with E-state index in [1.165, 1.54) is 54.0 Å². The third kappa shape index (κ3) is 5.46. The number of nitriles is 3. The zero-order valence-electron chi connectivity index (χ0n) is 27.3. The highest BCUT2D eigenvalue weighted by molar-refractivity contribution is 7.28. The van der Waals surface area contributed by atoms with Gasteiger partial charge < -0.3 is 14.3 Å². The molecule has 0 aromatic carbocycles. The maximum absolute atomic E-state index is 9.30. The van der Waals surface area contributed by atoms with E-state index in [2.05, 4.69) is 68.5 Å². The molecule has 0 saturated heterocycles. The number of thiophene rings is 4. The van der Waals surface area contributed by atoms with E-state index in [1.807, 2.05) is 41.7 Å². The molecule has 0 bridgehead atoms.